The third kappa shape index (κ3) is 2.05. The SMILES string of the molecule is Cc1c(C#N)cnn1-c1nc2n(n1)C(c1ccccc1)CC2C. The van der Waals surface area contributed by atoms with Crippen molar-refractivity contribution in [2.75, 3.05) is 0 Å². The molecule has 1 aliphatic rings. The number of hydrogen-bond donors (Lipinski definition) is 0. The van der Waals surface area contributed by atoms with Gasteiger partial charge in [0.25, 0.3) is 5.95 Å². The van der Waals surface area contributed by atoms with Gasteiger partial charge in [0, 0.05) is 5.92 Å². The molecule has 3 aromatic rings. The minimum Gasteiger partial charge on any atom is -0.240 e. The summed E-state index contributed by atoms with van der Waals surface area (Å²) in [6.45, 7) is 4.03. The number of aromatic nitrogens is 5. The van der Waals surface area contributed by atoms with E-state index in [0.717, 1.165) is 17.9 Å². The van der Waals surface area contributed by atoms with Gasteiger partial charge >= 0.3 is 0 Å². The highest BCUT2D eigenvalue weighted by atomic mass is 15.5. The molecule has 6 heteroatoms. The molecule has 1 aromatic carbocycles. The van der Waals surface area contributed by atoms with Crippen LogP contribution in [0, 0.1) is 18.3 Å². The van der Waals surface area contributed by atoms with Gasteiger partial charge in [-0.05, 0) is 18.9 Å². The van der Waals surface area contributed by atoms with E-state index >= 15 is 0 Å². The molecule has 0 spiro atoms. The van der Waals surface area contributed by atoms with Crippen LogP contribution < -0.4 is 0 Å². The lowest BCUT2D eigenvalue weighted by molar-refractivity contribution is 0.537. The summed E-state index contributed by atoms with van der Waals surface area (Å²) < 4.78 is 3.64. The monoisotopic (exact) mass is 304 g/mol. The molecule has 0 aliphatic carbocycles. The minimum absolute atomic E-state index is 0.203. The van der Waals surface area contributed by atoms with E-state index in [-0.39, 0.29) is 6.04 Å². The van der Waals surface area contributed by atoms with Crippen molar-refractivity contribution in [3.63, 3.8) is 0 Å². The molecule has 0 radical (unpaired) electrons. The van der Waals surface area contributed by atoms with Gasteiger partial charge in [0.05, 0.1) is 23.5 Å². The van der Waals surface area contributed by atoms with Crippen molar-refractivity contribution in [1.82, 2.24) is 24.5 Å². The maximum absolute atomic E-state index is 9.08. The zero-order valence-electron chi connectivity index (χ0n) is 13.0. The topological polar surface area (TPSA) is 72.3 Å². The van der Waals surface area contributed by atoms with Crippen molar-refractivity contribution in [2.24, 2.45) is 0 Å². The number of rotatable bonds is 2. The first-order valence-corrected chi connectivity index (χ1v) is 7.65. The molecule has 6 nitrogen and oxygen atoms in total. The van der Waals surface area contributed by atoms with Crippen LogP contribution in [0.2, 0.25) is 0 Å². The Morgan fingerprint density at radius 2 is 2.04 bits per heavy atom. The molecule has 2 unspecified atom stereocenters. The number of hydrogen-bond acceptors (Lipinski definition) is 4. The van der Waals surface area contributed by atoms with E-state index in [1.54, 1.807) is 10.9 Å². The summed E-state index contributed by atoms with van der Waals surface area (Å²) in [5.41, 5.74) is 2.55. The Labute approximate surface area is 134 Å². The molecule has 2 aromatic heterocycles. The Kier molecular flexibility index (Phi) is 3.01. The highest BCUT2D eigenvalue weighted by molar-refractivity contribution is 5.34. The van der Waals surface area contributed by atoms with Crippen LogP contribution in [0.1, 0.15) is 47.9 Å². The van der Waals surface area contributed by atoms with Crippen LogP contribution >= 0.6 is 0 Å². The Balaban J connectivity index is 1.79. The molecule has 2 atom stereocenters. The lowest BCUT2D eigenvalue weighted by Gasteiger charge is -2.11. The summed E-state index contributed by atoms with van der Waals surface area (Å²) >= 11 is 0. The van der Waals surface area contributed by atoms with Gasteiger partial charge in [-0.2, -0.15) is 15.3 Å². The van der Waals surface area contributed by atoms with Crippen molar-refractivity contribution >= 4 is 0 Å². The average Bonchev–Trinajstić information content (AvgIpc) is 3.23. The summed E-state index contributed by atoms with van der Waals surface area (Å²) in [5.74, 6) is 1.85. The molecule has 0 fully saturated rings. The molecule has 0 N–H and O–H groups in total. The molecular formula is C17H16N6. The summed E-state index contributed by atoms with van der Waals surface area (Å²) in [6, 6.07) is 12.7. The van der Waals surface area contributed by atoms with E-state index in [1.807, 2.05) is 29.8 Å². The largest absolute Gasteiger partial charge is 0.270 e. The quantitative estimate of drug-likeness (QED) is 0.729. The Bertz CT molecular complexity index is 899. The average molecular weight is 304 g/mol. The minimum atomic E-state index is 0.203. The number of nitrogens with zero attached hydrogens (tertiary/aromatic N) is 6. The molecule has 4 rings (SSSR count). The highest BCUT2D eigenvalue weighted by Crippen LogP contribution is 2.38. The van der Waals surface area contributed by atoms with Gasteiger partial charge in [0.1, 0.15) is 11.9 Å². The molecule has 0 saturated carbocycles. The van der Waals surface area contributed by atoms with Crippen LogP contribution in [0.3, 0.4) is 0 Å². The Morgan fingerprint density at radius 3 is 2.74 bits per heavy atom. The molecular weight excluding hydrogens is 288 g/mol. The lowest BCUT2D eigenvalue weighted by atomic mass is 10.0. The molecule has 0 amide bonds. The van der Waals surface area contributed by atoms with Crippen LogP contribution in [0.4, 0.5) is 0 Å². The van der Waals surface area contributed by atoms with Crippen molar-refractivity contribution in [1.29, 1.82) is 5.26 Å². The van der Waals surface area contributed by atoms with Gasteiger partial charge < -0.3 is 0 Å². The molecule has 23 heavy (non-hydrogen) atoms. The van der Waals surface area contributed by atoms with E-state index < -0.39 is 0 Å². The summed E-state index contributed by atoms with van der Waals surface area (Å²) in [6.07, 6.45) is 2.56. The lowest BCUT2D eigenvalue weighted by Crippen LogP contribution is -2.09. The van der Waals surface area contributed by atoms with Gasteiger partial charge in [-0.15, -0.1) is 5.10 Å². The predicted octanol–water partition coefficient (Wildman–Crippen LogP) is 2.74. The van der Waals surface area contributed by atoms with Gasteiger partial charge in [0.2, 0.25) is 0 Å². The smallest absolute Gasteiger partial charge is 0.240 e. The number of fused-ring (bicyclic) bond motifs is 1. The van der Waals surface area contributed by atoms with Gasteiger partial charge in [0.15, 0.2) is 0 Å². The molecule has 0 saturated heterocycles. The van der Waals surface area contributed by atoms with Crippen LogP contribution in [0.5, 0.6) is 0 Å². The first-order chi connectivity index (χ1) is 11.2. The van der Waals surface area contributed by atoms with Crippen LogP contribution in [-0.2, 0) is 0 Å². The zero-order valence-corrected chi connectivity index (χ0v) is 13.0. The second-order valence-electron chi connectivity index (χ2n) is 5.95. The highest BCUT2D eigenvalue weighted by Gasteiger charge is 2.33. The predicted molar refractivity (Wildman–Crippen MR) is 84.2 cm³/mol. The Hall–Kier alpha value is -2.94. The zero-order chi connectivity index (χ0) is 16.0. The van der Waals surface area contributed by atoms with E-state index in [2.05, 4.69) is 40.3 Å². The third-order valence-electron chi connectivity index (χ3n) is 4.46. The standard InChI is InChI=1S/C17H16N6/c1-11-8-15(13-6-4-3-5-7-13)23-16(11)20-17(21-23)22-12(2)14(9-18)10-19-22/h3-7,10-11,15H,8H2,1-2H3. The first kappa shape index (κ1) is 13.7. The van der Waals surface area contributed by atoms with E-state index in [4.69, 9.17) is 5.26 Å². The fourth-order valence-electron chi connectivity index (χ4n) is 3.19. The summed E-state index contributed by atoms with van der Waals surface area (Å²) in [5, 5.41) is 18.0. The first-order valence-electron chi connectivity index (χ1n) is 7.65. The normalized spacial score (nSPS) is 19.5. The van der Waals surface area contributed by atoms with Gasteiger partial charge in [-0.25, -0.2) is 9.36 Å². The van der Waals surface area contributed by atoms with Crippen molar-refractivity contribution in [2.45, 2.75) is 32.2 Å². The summed E-state index contributed by atoms with van der Waals surface area (Å²) in [4.78, 5) is 4.67. The molecule has 1 aliphatic heterocycles. The number of benzene rings is 1. The van der Waals surface area contributed by atoms with Crippen LogP contribution in [0.15, 0.2) is 36.5 Å². The molecule has 114 valence electrons. The van der Waals surface area contributed by atoms with E-state index in [1.165, 1.54) is 5.56 Å². The fraction of sp³-hybridized carbons (Fsp3) is 0.294. The van der Waals surface area contributed by atoms with Crippen molar-refractivity contribution in [3.05, 3.63) is 59.2 Å². The van der Waals surface area contributed by atoms with E-state index in [9.17, 15) is 0 Å². The van der Waals surface area contributed by atoms with Crippen LogP contribution in [0.25, 0.3) is 5.95 Å². The molecule has 3 heterocycles. The second-order valence-corrected chi connectivity index (χ2v) is 5.95. The van der Waals surface area contributed by atoms with Gasteiger partial charge in [-0.3, -0.25) is 0 Å². The number of nitriles is 1. The third-order valence-corrected chi connectivity index (χ3v) is 4.46. The second kappa shape index (κ2) is 5.06. The van der Waals surface area contributed by atoms with Gasteiger partial charge in [-0.1, -0.05) is 37.3 Å². The van der Waals surface area contributed by atoms with Crippen molar-refractivity contribution in [3.8, 4) is 12.0 Å². The van der Waals surface area contributed by atoms with Crippen molar-refractivity contribution < 1.29 is 0 Å². The summed E-state index contributed by atoms with van der Waals surface area (Å²) in [7, 11) is 0. The Morgan fingerprint density at radius 1 is 1.26 bits per heavy atom. The van der Waals surface area contributed by atoms with E-state index in [0.29, 0.717) is 17.4 Å². The maximum atomic E-state index is 9.08. The van der Waals surface area contributed by atoms with Crippen LogP contribution in [-0.4, -0.2) is 24.5 Å². The molecule has 0 bridgehead atoms. The maximum Gasteiger partial charge on any atom is 0.270 e. The fourth-order valence-corrected chi connectivity index (χ4v) is 3.19.